The number of benzene rings is 2. The second kappa shape index (κ2) is 10.1. The third-order valence-corrected chi connectivity index (χ3v) is 8.53. The first kappa shape index (κ1) is 29.0. The molecule has 1 amide bonds. The number of carbonyl (C=O) groups excluding carboxylic acids is 6. The van der Waals surface area contributed by atoms with E-state index in [1.807, 2.05) is 0 Å². The highest BCUT2D eigenvalue weighted by molar-refractivity contribution is 6.33. The Morgan fingerprint density at radius 1 is 1.02 bits per heavy atom. The summed E-state index contributed by atoms with van der Waals surface area (Å²) >= 11 is 0. The second-order valence-corrected chi connectivity index (χ2v) is 10.9. The summed E-state index contributed by atoms with van der Waals surface area (Å²) in [4.78, 5) is 80.2. The number of rotatable bonds is 4. The molecule has 0 spiro atoms. The van der Waals surface area contributed by atoms with Crippen LogP contribution in [0.15, 0.2) is 42.5 Å². The minimum absolute atomic E-state index is 0.195. The maximum Gasteiger partial charge on any atom is 0.337 e. The Balaban J connectivity index is 1.76. The minimum atomic E-state index is -3.10. The summed E-state index contributed by atoms with van der Waals surface area (Å²) in [6.45, 7) is 0. The van der Waals surface area contributed by atoms with Crippen LogP contribution in [-0.4, -0.2) is 94.2 Å². The van der Waals surface area contributed by atoms with Gasteiger partial charge in [0.1, 0.15) is 5.75 Å². The normalized spacial score (nSPS) is 31.4. The number of methoxy groups -OCH3 is 1. The molecular weight excluding hydrogens is 548 g/mol. The van der Waals surface area contributed by atoms with Crippen LogP contribution in [0.25, 0.3) is 11.6 Å². The third kappa shape index (κ3) is 3.94. The minimum Gasteiger partial charge on any atom is -0.507 e. The molecular formula is C30H28N2O10. The van der Waals surface area contributed by atoms with Crippen LogP contribution in [0.5, 0.6) is 5.75 Å². The molecule has 0 aromatic heterocycles. The van der Waals surface area contributed by atoms with E-state index in [-0.39, 0.29) is 22.3 Å². The monoisotopic (exact) mass is 576 g/mol. The Bertz CT molecular complexity index is 1590. The molecule has 42 heavy (non-hydrogen) atoms. The molecule has 2 aromatic rings. The molecule has 2 fully saturated rings. The molecule has 0 aliphatic heterocycles. The molecule has 5 N–H and O–H groups in total. The lowest BCUT2D eigenvalue weighted by Crippen LogP contribution is -2.77. The largest absolute Gasteiger partial charge is 0.507 e. The number of aliphatic hydroxyl groups excluding tert-OH is 1. The van der Waals surface area contributed by atoms with E-state index in [2.05, 4.69) is 0 Å². The Hall–Kier alpha value is -4.52. The standard InChI is InChI=1S/C30H28N2O10/c1-32(2)22-21-24(35)18-15(11-12-7-9-13(10-8-12)29(40)42-3)14-5-4-6-16(33)17(14)23(34)19(18)26(37)30(21,41)27(38)20(25(22)36)28(31)39/h4-11,18-22,24,33,35,41H,1-3H3,(H2,31,39)/t18-,19?,20?,21-,22+,24+,30+/m1/s1. The number of ether oxygens (including phenoxy) is 1. The molecule has 3 aliphatic carbocycles. The van der Waals surface area contributed by atoms with Gasteiger partial charge < -0.3 is 25.8 Å². The Morgan fingerprint density at radius 2 is 1.67 bits per heavy atom. The van der Waals surface area contributed by atoms with Crippen molar-refractivity contribution in [2.45, 2.75) is 17.7 Å². The van der Waals surface area contributed by atoms with E-state index in [0.29, 0.717) is 5.56 Å². The van der Waals surface area contributed by atoms with Gasteiger partial charge in [-0.2, -0.15) is 0 Å². The van der Waals surface area contributed by atoms with Crippen LogP contribution in [0.2, 0.25) is 0 Å². The van der Waals surface area contributed by atoms with Crippen LogP contribution in [0, 0.1) is 23.7 Å². The molecule has 12 heteroatoms. The van der Waals surface area contributed by atoms with Crippen LogP contribution in [-0.2, 0) is 23.9 Å². The van der Waals surface area contributed by atoms with E-state index in [4.69, 9.17) is 10.5 Å². The zero-order valence-electron chi connectivity index (χ0n) is 22.8. The Morgan fingerprint density at radius 3 is 2.24 bits per heavy atom. The van der Waals surface area contributed by atoms with Gasteiger partial charge in [0.05, 0.1) is 42.2 Å². The number of fused-ring (bicyclic) bond motifs is 3. The third-order valence-electron chi connectivity index (χ3n) is 8.53. The molecule has 2 aromatic carbocycles. The van der Waals surface area contributed by atoms with Crippen LogP contribution in [0.4, 0.5) is 0 Å². The van der Waals surface area contributed by atoms with Crippen molar-refractivity contribution in [2.24, 2.45) is 29.4 Å². The van der Waals surface area contributed by atoms with Crippen LogP contribution in [0.1, 0.15) is 31.8 Å². The summed E-state index contributed by atoms with van der Waals surface area (Å²) in [5.74, 6) is -14.3. The maximum atomic E-state index is 14.2. The number of amides is 1. The van der Waals surface area contributed by atoms with Gasteiger partial charge in [-0.25, -0.2) is 4.79 Å². The van der Waals surface area contributed by atoms with E-state index in [1.54, 1.807) is 18.2 Å². The second-order valence-electron chi connectivity index (χ2n) is 10.9. The van der Waals surface area contributed by atoms with Crippen molar-refractivity contribution < 1.29 is 48.8 Å². The fraction of sp³-hybridized carbons (Fsp3) is 0.333. The van der Waals surface area contributed by atoms with Crippen molar-refractivity contribution in [2.75, 3.05) is 21.2 Å². The summed E-state index contributed by atoms with van der Waals surface area (Å²) in [6.07, 6.45) is -0.278. The predicted molar refractivity (Wildman–Crippen MR) is 145 cm³/mol. The summed E-state index contributed by atoms with van der Waals surface area (Å²) in [6, 6.07) is 8.82. The lowest BCUT2D eigenvalue weighted by atomic mass is 9.50. The summed E-state index contributed by atoms with van der Waals surface area (Å²) in [5, 5.41) is 34.4. The van der Waals surface area contributed by atoms with Crippen LogP contribution in [0.3, 0.4) is 0 Å². The number of phenolic OH excluding ortho intramolecular Hbond substituents is 1. The highest BCUT2D eigenvalue weighted by atomic mass is 16.5. The molecule has 12 nitrogen and oxygen atoms in total. The van der Waals surface area contributed by atoms with Gasteiger partial charge in [0.2, 0.25) is 5.91 Å². The number of aliphatic hydroxyl groups is 2. The van der Waals surface area contributed by atoms with E-state index in [1.165, 1.54) is 56.4 Å². The lowest BCUT2D eigenvalue weighted by molar-refractivity contribution is -0.192. The van der Waals surface area contributed by atoms with Crippen molar-refractivity contribution >= 4 is 46.7 Å². The molecule has 2 unspecified atom stereocenters. The SMILES string of the molecule is COC(=O)c1ccc(C=C2c3cccc(O)c3C(=O)C3C(=O)[C@]4(O)C(=O)C(C(N)=O)C(=O)[C@@H](N(C)C)[C@@H]4[C@@H](O)[C@H]23)cc1. The van der Waals surface area contributed by atoms with Gasteiger partial charge in [-0.15, -0.1) is 0 Å². The van der Waals surface area contributed by atoms with Gasteiger partial charge >= 0.3 is 5.97 Å². The molecule has 2 saturated carbocycles. The fourth-order valence-electron chi connectivity index (χ4n) is 6.68. The molecule has 5 rings (SSSR count). The number of nitrogens with two attached hydrogens (primary N) is 1. The van der Waals surface area contributed by atoms with E-state index >= 15 is 0 Å². The Kier molecular flexibility index (Phi) is 6.96. The number of hydrogen-bond donors (Lipinski definition) is 4. The number of hydrogen-bond acceptors (Lipinski definition) is 11. The molecule has 218 valence electrons. The zero-order chi connectivity index (χ0) is 30.8. The van der Waals surface area contributed by atoms with E-state index in [0.717, 1.165) is 0 Å². The van der Waals surface area contributed by atoms with Gasteiger partial charge in [0.15, 0.2) is 34.7 Å². The fourth-order valence-corrected chi connectivity index (χ4v) is 6.68. The highest BCUT2D eigenvalue weighted by Gasteiger charge is 2.72. The van der Waals surface area contributed by atoms with Gasteiger partial charge in [-0.3, -0.25) is 28.9 Å². The number of phenols is 1. The number of Topliss-reactive ketones (excluding diaryl/α,β-unsaturated/α-hetero) is 4. The molecule has 0 radical (unpaired) electrons. The predicted octanol–water partition coefficient (Wildman–Crippen LogP) is -0.377. The first-order chi connectivity index (χ1) is 19.8. The van der Waals surface area contributed by atoms with Gasteiger partial charge in [-0.1, -0.05) is 30.3 Å². The average Bonchev–Trinajstić information content (AvgIpc) is 2.94. The van der Waals surface area contributed by atoms with Gasteiger partial charge in [-0.05, 0) is 49.0 Å². The Labute approximate surface area is 239 Å². The number of primary amides is 1. The van der Waals surface area contributed by atoms with Gasteiger partial charge in [0, 0.05) is 5.92 Å². The average molecular weight is 577 g/mol. The van der Waals surface area contributed by atoms with Crippen molar-refractivity contribution in [3.8, 4) is 5.75 Å². The highest BCUT2D eigenvalue weighted by Crippen LogP contribution is 2.54. The molecule has 0 bridgehead atoms. The first-order valence-corrected chi connectivity index (χ1v) is 13.0. The molecule has 7 atom stereocenters. The molecule has 0 heterocycles. The first-order valence-electron chi connectivity index (χ1n) is 13.0. The summed E-state index contributed by atoms with van der Waals surface area (Å²) in [5.41, 5.74) is 3.12. The number of likely N-dealkylation sites (N-methyl/N-ethyl adjacent to an activating group) is 1. The lowest BCUT2D eigenvalue weighted by Gasteiger charge is -2.55. The number of ketones is 4. The summed E-state index contributed by atoms with van der Waals surface area (Å²) in [7, 11) is 4.06. The number of carbonyl (C=O) groups is 6. The number of esters is 1. The van der Waals surface area contributed by atoms with Crippen LogP contribution >= 0.6 is 0 Å². The quantitative estimate of drug-likeness (QED) is 0.273. The van der Waals surface area contributed by atoms with Gasteiger partial charge in [0.25, 0.3) is 0 Å². The number of nitrogens with zero attached hydrogens (tertiary/aromatic N) is 1. The molecule has 0 saturated heterocycles. The summed E-state index contributed by atoms with van der Waals surface area (Å²) < 4.78 is 4.72. The van der Waals surface area contributed by atoms with Crippen LogP contribution < -0.4 is 5.73 Å². The van der Waals surface area contributed by atoms with E-state index < -0.39 is 82.2 Å². The van der Waals surface area contributed by atoms with Crippen molar-refractivity contribution in [3.05, 3.63) is 64.7 Å². The van der Waals surface area contributed by atoms with E-state index in [9.17, 15) is 44.1 Å². The molecule has 3 aliphatic rings. The number of aromatic hydroxyl groups is 1. The zero-order valence-corrected chi connectivity index (χ0v) is 22.8. The van der Waals surface area contributed by atoms with Crippen molar-refractivity contribution in [1.82, 2.24) is 4.90 Å². The topological polar surface area (TPSA) is 202 Å². The van der Waals surface area contributed by atoms with Crippen molar-refractivity contribution in [3.63, 3.8) is 0 Å². The van der Waals surface area contributed by atoms with Crippen molar-refractivity contribution in [1.29, 1.82) is 0 Å². The maximum absolute atomic E-state index is 14.2. The smallest absolute Gasteiger partial charge is 0.337 e.